The predicted molar refractivity (Wildman–Crippen MR) is 60.6 cm³/mol. The Hall–Kier alpha value is -1.29. The van der Waals surface area contributed by atoms with Crippen molar-refractivity contribution in [2.24, 2.45) is 4.99 Å². The van der Waals surface area contributed by atoms with Gasteiger partial charge in [-0.2, -0.15) is 0 Å². The number of benzene rings is 1. The van der Waals surface area contributed by atoms with Gasteiger partial charge in [-0.3, -0.25) is 4.79 Å². The fraction of sp³-hybridized carbons (Fsp3) is 0.273. The molecule has 0 bridgehead atoms. The Kier molecular flexibility index (Phi) is 1.71. The van der Waals surface area contributed by atoms with Gasteiger partial charge in [0.25, 0.3) is 0 Å². The molecule has 1 fully saturated rings. The number of amides is 1. The summed E-state index contributed by atoms with van der Waals surface area (Å²) in [6, 6.07) is 7.98. The Morgan fingerprint density at radius 3 is 3.13 bits per heavy atom. The summed E-state index contributed by atoms with van der Waals surface area (Å²) in [5.74, 6) is 0.868. The van der Waals surface area contributed by atoms with E-state index >= 15 is 0 Å². The number of hydrogen-bond donors (Lipinski definition) is 1. The van der Waals surface area contributed by atoms with Gasteiger partial charge in [-0.15, -0.1) is 11.8 Å². The smallest absolute Gasteiger partial charge is 0.227 e. The summed E-state index contributed by atoms with van der Waals surface area (Å²) < 4.78 is -0.189. The summed E-state index contributed by atoms with van der Waals surface area (Å²) in [6.45, 7) is 2.06. The highest BCUT2D eigenvalue weighted by Crippen LogP contribution is 2.46. The zero-order valence-electron chi connectivity index (χ0n) is 8.28. The Morgan fingerprint density at radius 1 is 1.47 bits per heavy atom. The van der Waals surface area contributed by atoms with E-state index in [1.807, 2.05) is 24.3 Å². The third-order valence-corrected chi connectivity index (χ3v) is 4.04. The number of thioether (sulfide) groups is 1. The van der Waals surface area contributed by atoms with Crippen LogP contribution in [-0.2, 0) is 4.79 Å². The summed E-state index contributed by atoms with van der Waals surface area (Å²) in [4.78, 5) is 17.0. The average molecular weight is 218 g/mol. The van der Waals surface area contributed by atoms with E-state index in [0.717, 1.165) is 16.4 Å². The van der Waals surface area contributed by atoms with E-state index in [2.05, 4.69) is 17.2 Å². The van der Waals surface area contributed by atoms with E-state index in [4.69, 9.17) is 0 Å². The zero-order valence-corrected chi connectivity index (χ0v) is 9.10. The van der Waals surface area contributed by atoms with Crippen molar-refractivity contribution >= 4 is 29.2 Å². The Bertz CT molecular complexity index is 483. The van der Waals surface area contributed by atoms with E-state index in [-0.39, 0.29) is 10.7 Å². The molecule has 2 aliphatic rings. The van der Waals surface area contributed by atoms with Gasteiger partial charge in [0.05, 0.1) is 10.4 Å². The Morgan fingerprint density at radius 2 is 2.27 bits per heavy atom. The summed E-state index contributed by atoms with van der Waals surface area (Å²) >= 11 is 1.72. The number of para-hydroxylation sites is 1. The number of nitrogens with zero attached hydrogens (tertiary/aromatic N) is 1. The van der Waals surface area contributed by atoms with Gasteiger partial charge in [0.1, 0.15) is 5.84 Å². The lowest BCUT2D eigenvalue weighted by Gasteiger charge is -2.26. The van der Waals surface area contributed by atoms with Crippen LogP contribution in [0.3, 0.4) is 0 Å². The largest absolute Gasteiger partial charge is 0.313 e. The molecule has 1 aromatic carbocycles. The highest BCUT2D eigenvalue weighted by molar-refractivity contribution is 8.01. The van der Waals surface area contributed by atoms with Crippen LogP contribution in [0.15, 0.2) is 34.2 Å². The molecule has 0 saturated carbocycles. The molecule has 0 spiro atoms. The van der Waals surface area contributed by atoms with Crippen LogP contribution in [0.2, 0.25) is 0 Å². The Labute approximate surface area is 92.0 Å². The van der Waals surface area contributed by atoms with Gasteiger partial charge in [0.15, 0.2) is 0 Å². The molecular weight excluding hydrogens is 208 g/mol. The van der Waals surface area contributed by atoms with Crippen LogP contribution in [0.5, 0.6) is 0 Å². The van der Waals surface area contributed by atoms with Crippen molar-refractivity contribution in [3.63, 3.8) is 0 Å². The summed E-state index contributed by atoms with van der Waals surface area (Å²) in [7, 11) is 0. The van der Waals surface area contributed by atoms with Crippen LogP contribution in [-0.4, -0.2) is 16.5 Å². The monoisotopic (exact) mass is 218 g/mol. The normalized spacial score (nSPS) is 27.8. The van der Waals surface area contributed by atoms with Gasteiger partial charge in [-0.05, 0) is 19.1 Å². The second kappa shape index (κ2) is 2.85. The molecule has 0 aromatic heterocycles. The molecule has 2 heterocycles. The Balaban J connectivity index is 2.14. The average Bonchev–Trinajstić information content (AvgIpc) is 2.47. The maximum absolute atomic E-state index is 11.4. The molecule has 76 valence electrons. The van der Waals surface area contributed by atoms with Crippen LogP contribution in [0.25, 0.3) is 0 Å². The topological polar surface area (TPSA) is 41.5 Å². The van der Waals surface area contributed by atoms with Crippen LogP contribution < -0.4 is 5.32 Å². The molecule has 3 nitrogen and oxygen atoms in total. The lowest BCUT2D eigenvalue weighted by molar-refractivity contribution is -0.118. The minimum atomic E-state index is -0.189. The molecule has 4 heteroatoms. The van der Waals surface area contributed by atoms with Crippen molar-refractivity contribution in [2.75, 3.05) is 0 Å². The summed E-state index contributed by atoms with van der Waals surface area (Å²) in [6.07, 6.45) is 0.519. The maximum atomic E-state index is 11.4. The predicted octanol–water partition coefficient (Wildman–Crippen LogP) is 2.10. The fourth-order valence-electron chi connectivity index (χ4n) is 1.93. The van der Waals surface area contributed by atoms with Crippen molar-refractivity contribution in [3.8, 4) is 0 Å². The summed E-state index contributed by atoms with van der Waals surface area (Å²) in [5.41, 5.74) is 0.956. The first kappa shape index (κ1) is 8.97. The molecule has 1 amide bonds. The van der Waals surface area contributed by atoms with Gasteiger partial charge < -0.3 is 5.32 Å². The van der Waals surface area contributed by atoms with Gasteiger partial charge in [-0.25, -0.2) is 4.99 Å². The molecule has 0 unspecified atom stereocenters. The number of nitrogens with one attached hydrogen (secondary N) is 1. The fourth-order valence-corrected chi connectivity index (χ4v) is 3.18. The van der Waals surface area contributed by atoms with Gasteiger partial charge >= 0.3 is 0 Å². The van der Waals surface area contributed by atoms with Gasteiger partial charge in [0, 0.05) is 11.3 Å². The zero-order chi connectivity index (χ0) is 10.5. The number of hydrogen-bond acceptors (Lipinski definition) is 3. The number of fused-ring (bicyclic) bond motifs is 2. The summed E-state index contributed by atoms with van der Waals surface area (Å²) in [5, 5.41) is 2.83. The highest BCUT2D eigenvalue weighted by Gasteiger charge is 2.43. The highest BCUT2D eigenvalue weighted by atomic mass is 32.2. The molecule has 0 aliphatic carbocycles. The third kappa shape index (κ3) is 1.28. The first-order valence-electron chi connectivity index (χ1n) is 4.84. The number of aliphatic imine (C=N–C) groups is 1. The van der Waals surface area contributed by atoms with Crippen LogP contribution >= 0.6 is 11.8 Å². The van der Waals surface area contributed by atoms with Crippen LogP contribution in [0.1, 0.15) is 13.3 Å². The lowest BCUT2D eigenvalue weighted by Crippen LogP contribution is -2.33. The number of amidine groups is 1. The number of carbonyl (C=O) groups is 1. The quantitative estimate of drug-likeness (QED) is 0.724. The van der Waals surface area contributed by atoms with E-state index < -0.39 is 0 Å². The molecule has 1 N–H and O–H groups in total. The molecule has 1 atom stereocenters. The third-order valence-electron chi connectivity index (χ3n) is 2.69. The molecular formula is C11H10N2OS. The van der Waals surface area contributed by atoms with Crippen molar-refractivity contribution < 1.29 is 4.79 Å². The molecule has 1 aromatic rings. The molecule has 3 rings (SSSR count). The lowest BCUT2D eigenvalue weighted by atomic mass is 10.1. The second-order valence-corrected chi connectivity index (χ2v) is 5.53. The molecule has 15 heavy (non-hydrogen) atoms. The number of carbonyl (C=O) groups excluding carboxylic acids is 1. The van der Waals surface area contributed by atoms with E-state index in [9.17, 15) is 4.79 Å². The van der Waals surface area contributed by atoms with E-state index in [0.29, 0.717) is 6.42 Å². The van der Waals surface area contributed by atoms with Gasteiger partial charge in [-0.1, -0.05) is 12.1 Å². The molecule has 1 saturated heterocycles. The van der Waals surface area contributed by atoms with Crippen molar-refractivity contribution in [1.82, 2.24) is 5.32 Å². The van der Waals surface area contributed by atoms with Crippen LogP contribution in [0.4, 0.5) is 5.69 Å². The maximum Gasteiger partial charge on any atom is 0.227 e. The van der Waals surface area contributed by atoms with Crippen molar-refractivity contribution in [2.45, 2.75) is 23.0 Å². The van der Waals surface area contributed by atoms with E-state index in [1.54, 1.807) is 11.8 Å². The number of rotatable bonds is 0. The van der Waals surface area contributed by atoms with Crippen LogP contribution in [0, 0.1) is 0 Å². The second-order valence-electron chi connectivity index (χ2n) is 3.99. The SMILES string of the molecule is C[C@]12CC(=O)NC1=Nc1ccccc1S2. The first-order chi connectivity index (χ1) is 7.17. The van der Waals surface area contributed by atoms with Crippen molar-refractivity contribution in [1.29, 1.82) is 0 Å². The first-order valence-corrected chi connectivity index (χ1v) is 5.66. The molecule has 2 aliphatic heterocycles. The standard InChI is InChI=1S/C11H10N2OS/c1-11-6-9(14)13-10(11)12-7-4-2-3-5-8(7)15-11/h2-5H,6H2,1H3,(H,12,13,14)/t11-/m0/s1. The minimum Gasteiger partial charge on any atom is -0.313 e. The molecule has 0 radical (unpaired) electrons. The van der Waals surface area contributed by atoms with Crippen molar-refractivity contribution in [3.05, 3.63) is 24.3 Å². The van der Waals surface area contributed by atoms with E-state index in [1.165, 1.54) is 0 Å². The minimum absolute atomic E-state index is 0.0663. The van der Waals surface area contributed by atoms with Gasteiger partial charge in [0.2, 0.25) is 5.91 Å².